The summed E-state index contributed by atoms with van der Waals surface area (Å²) in [5, 5.41) is 18.0. The molecule has 1 saturated heterocycles. The largest absolute Gasteiger partial charge is 0.467 e. The first-order valence-electron chi connectivity index (χ1n) is 15.5. The molecule has 0 saturated carbocycles. The summed E-state index contributed by atoms with van der Waals surface area (Å²) in [7, 11) is 1.52. The van der Waals surface area contributed by atoms with Crippen molar-refractivity contribution in [2.75, 3.05) is 32.3 Å². The number of likely N-dealkylation sites (tertiary alicyclic amines) is 1. The number of amides is 3. The highest BCUT2D eigenvalue weighted by Gasteiger charge is 2.29. The Morgan fingerprint density at radius 1 is 1.04 bits per heavy atom. The van der Waals surface area contributed by atoms with Gasteiger partial charge in [-0.05, 0) is 81.0 Å². The number of carbonyl (C=O) groups excluding carboxylic acids is 3. The van der Waals surface area contributed by atoms with E-state index in [-0.39, 0.29) is 30.1 Å². The Bertz CT molecular complexity index is 1830. The molecule has 0 aliphatic carbocycles. The molecular weight excluding hydrogens is 630 g/mol. The van der Waals surface area contributed by atoms with Gasteiger partial charge in [0.15, 0.2) is 12.6 Å². The van der Waals surface area contributed by atoms with E-state index in [2.05, 4.69) is 16.7 Å². The Hall–Kier alpha value is -5.25. The third-order valence-corrected chi connectivity index (χ3v) is 8.32. The summed E-state index contributed by atoms with van der Waals surface area (Å²) < 4.78 is 16.4. The number of hydrogen-bond donors (Lipinski definition) is 2. The van der Waals surface area contributed by atoms with Gasteiger partial charge in [-0.2, -0.15) is 5.26 Å². The van der Waals surface area contributed by atoms with Crippen LogP contribution in [0.25, 0.3) is 22.4 Å². The van der Waals surface area contributed by atoms with Crippen LogP contribution in [0.3, 0.4) is 0 Å². The van der Waals surface area contributed by atoms with Crippen molar-refractivity contribution in [1.29, 1.82) is 5.26 Å². The molecule has 2 aromatic carbocycles. The second kappa shape index (κ2) is 15.1. The van der Waals surface area contributed by atoms with Crippen LogP contribution in [0.2, 0.25) is 0 Å². The Labute approximate surface area is 283 Å². The molecule has 0 spiro atoms. The molecule has 3 amide bonds. The van der Waals surface area contributed by atoms with Gasteiger partial charge in [-0.15, -0.1) is 11.3 Å². The number of nitrogens with zero attached hydrogens (tertiary/aromatic N) is 3. The maximum atomic E-state index is 13.5. The number of piperidine rings is 1. The van der Waals surface area contributed by atoms with Crippen molar-refractivity contribution in [3.05, 3.63) is 88.1 Å². The molecule has 1 fully saturated rings. The lowest BCUT2D eigenvalue weighted by atomic mass is 9.96. The van der Waals surface area contributed by atoms with Gasteiger partial charge < -0.3 is 29.7 Å². The molecule has 48 heavy (non-hydrogen) atoms. The van der Waals surface area contributed by atoms with E-state index < -0.39 is 17.6 Å². The third kappa shape index (κ3) is 8.36. The van der Waals surface area contributed by atoms with Gasteiger partial charge in [-0.25, -0.2) is 9.78 Å². The van der Waals surface area contributed by atoms with Crippen LogP contribution in [0, 0.1) is 11.3 Å². The van der Waals surface area contributed by atoms with E-state index >= 15 is 0 Å². The monoisotopic (exact) mass is 667 g/mol. The van der Waals surface area contributed by atoms with Crippen LogP contribution in [0.5, 0.6) is 5.75 Å². The number of pyridine rings is 1. The lowest BCUT2D eigenvalue weighted by molar-refractivity contribution is 0.0185. The van der Waals surface area contributed by atoms with Gasteiger partial charge in [-0.3, -0.25) is 9.59 Å². The maximum absolute atomic E-state index is 13.5. The van der Waals surface area contributed by atoms with Crippen LogP contribution in [0.15, 0.2) is 72.1 Å². The fourth-order valence-corrected chi connectivity index (χ4v) is 5.92. The standard InChI is InChI=1S/C36H37N5O6S/c1-36(2,3)47-35(44)41-16-8-12-25(21-41)38-33(42)24-11-7-10-23(18-24)27-19-29(26-13-5-6-14-30(26)46-22-45-4)39-32(28(27)20-37)40-34(43)31-15-9-17-48-31/h5-7,9-11,13-15,17-19,25H,8,12,16,21-22H2,1-4H3,(H,38,42)(H,39,40,43). The molecule has 12 heteroatoms. The number of thiophene rings is 1. The second-order valence-electron chi connectivity index (χ2n) is 12.2. The minimum atomic E-state index is -0.617. The van der Waals surface area contributed by atoms with E-state index in [1.807, 2.05) is 39.0 Å². The van der Waals surface area contributed by atoms with E-state index in [1.165, 1.54) is 18.4 Å². The molecule has 4 aromatic rings. The summed E-state index contributed by atoms with van der Waals surface area (Å²) in [6, 6.07) is 21.3. The average Bonchev–Trinajstić information content (AvgIpc) is 3.62. The molecule has 1 aliphatic heterocycles. The van der Waals surface area contributed by atoms with Crippen LogP contribution in [0.4, 0.5) is 10.6 Å². The van der Waals surface area contributed by atoms with Crippen molar-refractivity contribution < 1.29 is 28.6 Å². The minimum absolute atomic E-state index is 0.00973. The maximum Gasteiger partial charge on any atom is 0.410 e. The highest BCUT2D eigenvalue weighted by Crippen LogP contribution is 2.36. The van der Waals surface area contributed by atoms with E-state index in [0.717, 1.165) is 12.8 Å². The van der Waals surface area contributed by atoms with Gasteiger partial charge in [0.2, 0.25) is 0 Å². The average molecular weight is 668 g/mol. The van der Waals surface area contributed by atoms with Crippen molar-refractivity contribution >= 4 is 35.1 Å². The summed E-state index contributed by atoms with van der Waals surface area (Å²) in [5.41, 5.74) is 1.99. The molecule has 1 unspecified atom stereocenters. The Balaban J connectivity index is 1.48. The zero-order valence-corrected chi connectivity index (χ0v) is 28.1. The summed E-state index contributed by atoms with van der Waals surface area (Å²) in [4.78, 5) is 46.1. The predicted molar refractivity (Wildman–Crippen MR) is 183 cm³/mol. The molecule has 5 rings (SSSR count). The normalized spacial score (nSPS) is 14.5. The number of carbonyl (C=O) groups is 3. The molecule has 2 aromatic heterocycles. The van der Waals surface area contributed by atoms with Crippen LogP contribution < -0.4 is 15.4 Å². The molecular formula is C36H37N5O6S. The minimum Gasteiger partial charge on any atom is -0.467 e. The number of rotatable bonds is 9. The zero-order chi connectivity index (χ0) is 34.3. The van der Waals surface area contributed by atoms with Gasteiger partial charge in [0, 0.05) is 42.9 Å². The molecule has 11 nitrogen and oxygen atoms in total. The molecule has 0 bridgehead atoms. The van der Waals surface area contributed by atoms with Crippen molar-refractivity contribution in [1.82, 2.24) is 15.2 Å². The van der Waals surface area contributed by atoms with Gasteiger partial charge in [0.25, 0.3) is 11.8 Å². The van der Waals surface area contributed by atoms with Gasteiger partial charge in [0.1, 0.15) is 23.0 Å². The molecule has 3 heterocycles. The lowest BCUT2D eigenvalue weighted by Crippen LogP contribution is -2.50. The summed E-state index contributed by atoms with van der Waals surface area (Å²) in [5.74, 6) is -0.143. The number of nitrogens with one attached hydrogen (secondary N) is 2. The van der Waals surface area contributed by atoms with Gasteiger partial charge in [-0.1, -0.05) is 30.3 Å². The number of ether oxygens (including phenoxy) is 3. The second-order valence-corrected chi connectivity index (χ2v) is 13.1. The molecule has 248 valence electrons. The highest BCUT2D eigenvalue weighted by molar-refractivity contribution is 7.12. The summed E-state index contributed by atoms with van der Waals surface area (Å²) >= 11 is 1.27. The van der Waals surface area contributed by atoms with E-state index in [0.29, 0.717) is 51.7 Å². The number of hydrogen-bond acceptors (Lipinski definition) is 9. The predicted octanol–water partition coefficient (Wildman–Crippen LogP) is 6.71. The molecule has 1 aliphatic rings. The first kappa shape index (κ1) is 34.1. The van der Waals surface area contributed by atoms with Crippen molar-refractivity contribution in [2.45, 2.75) is 45.3 Å². The van der Waals surface area contributed by atoms with Gasteiger partial charge >= 0.3 is 6.09 Å². The number of para-hydroxylation sites is 1. The van der Waals surface area contributed by atoms with E-state index in [9.17, 15) is 19.6 Å². The fraction of sp³-hybridized carbons (Fsp3) is 0.306. The smallest absolute Gasteiger partial charge is 0.410 e. The van der Waals surface area contributed by atoms with E-state index in [1.54, 1.807) is 58.8 Å². The zero-order valence-electron chi connectivity index (χ0n) is 27.2. The molecule has 2 N–H and O–H groups in total. The lowest BCUT2D eigenvalue weighted by Gasteiger charge is -2.34. The Morgan fingerprint density at radius 2 is 1.85 bits per heavy atom. The molecule has 0 radical (unpaired) electrons. The Kier molecular flexibility index (Phi) is 10.7. The SMILES string of the molecule is COCOc1ccccc1-c1cc(-c2cccc(C(=O)NC3CCCN(C(=O)OC(C)(C)C)C3)c2)c(C#N)c(NC(=O)c2cccs2)n1. The number of nitriles is 1. The van der Waals surface area contributed by atoms with Crippen molar-refractivity contribution in [2.24, 2.45) is 0 Å². The quantitative estimate of drug-likeness (QED) is 0.188. The number of benzene rings is 2. The summed E-state index contributed by atoms with van der Waals surface area (Å²) in [6.45, 7) is 6.36. The topological polar surface area (TPSA) is 143 Å². The third-order valence-electron chi connectivity index (χ3n) is 7.45. The number of methoxy groups -OCH3 is 1. The van der Waals surface area contributed by atoms with Crippen LogP contribution >= 0.6 is 11.3 Å². The summed E-state index contributed by atoms with van der Waals surface area (Å²) in [6.07, 6.45) is 1.04. The Morgan fingerprint density at radius 3 is 2.58 bits per heavy atom. The highest BCUT2D eigenvalue weighted by atomic mass is 32.1. The van der Waals surface area contributed by atoms with Crippen LogP contribution in [-0.2, 0) is 9.47 Å². The van der Waals surface area contributed by atoms with Crippen molar-refractivity contribution in [3.63, 3.8) is 0 Å². The van der Waals surface area contributed by atoms with Gasteiger partial charge in [0.05, 0.1) is 10.6 Å². The number of aromatic nitrogens is 1. The van der Waals surface area contributed by atoms with Crippen molar-refractivity contribution in [3.8, 4) is 34.2 Å². The fourth-order valence-electron chi connectivity index (χ4n) is 5.30. The first-order chi connectivity index (χ1) is 23.1. The van der Waals surface area contributed by atoms with E-state index in [4.69, 9.17) is 19.2 Å². The van der Waals surface area contributed by atoms with Crippen LogP contribution in [-0.4, -0.2) is 66.4 Å². The van der Waals surface area contributed by atoms with Crippen LogP contribution in [0.1, 0.15) is 59.2 Å². The molecule has 1 atom stereocenters. The number of anilines is 1. The first-order valence-corrected chi connectivity index (χ1v) is 16.3.